The highest BCUT2D eigenvalue weighted by atomic mass is 35.5. The Hall–Kier alpha value is -2.09. The van der Waals surface area contributed by atoms with Crippen LogP contribution in [0.1, 0.15) is 39.7 Å². The molecule has 0 aliphatic rings. The molecule has 8 heteroatoms. The minimum Gasteiger partial charge on any atom is -0.377 e. The quantitative estimate of drug-likeness (QED) is 0.566. The summed E-state index contributed by atoms with van der Waals surface area (Å²) >= 11 is 6.08. The molecule has 0 saturated heterocycles. The summed E-state index contributed by atoms with van der Waals surface area (Å²) in [6.07, 6.45) is 0.365. The third kappa shape index (κ3) is 6.21. The van der Waals surface area contributed by atoms with Gasteiger partial charge in [0.05, 0.1) is 4.90 Å². The van der Waals surface area contributed by atoms with Crippen LogP contribution in [0.25, 0.3) is 0 Å². The summed E-state index contributed by atoms with van der Waals surface area (Å²) in [4.78, 5) is 14.0. The van der Waals surface area contributed by atoms with Crippen LogP contribution in [0.5, 0.6) is 0 Å². The molecular formula is C23H32ClN3O3S. The van der Waals surface area contributed by atoms with Crippen molar-refractivity contribution in [3.8, 4) is 0 Å². The number of anilines is 2. The Balaban J connectivity index is 2.56. The lowest BCUT2D eigenvalue weighted by molar-refractivity contribution is -0.115. The number of carbonyl (C=O) groups excluding carboxylic acids is 1. The molecule has 2 aromatic rings. The predicted molar refractivity (Wildman–Crippen MR) is 128 cm³/mol. The summed E-state index contributed by atoms with van der Waals surface area (Å²) in [6, 6.07) is 11.6. The molecule has 170 valence electrons. The smallest absolute Gasteiger partial charge is 0.243 e. The molecule has 0 spiro atoms. The number of benzene rings is 2. The van der Waals surface area contributed by atoms with Crippen LogP contribution in [-0.2, 0) is 21.4 Å². The number of rotatable bonds is 9. The van der Waals surface area contributed by atoms with Crippen LogP contribution in [-0.4, -0.2) is 38.8 Å². The van der Waals surface area contributed by atoms with Gasteiger partial charge in [-0.05, 0) is 54.8 Å². The van der Waals surface area contributed by atoms with Crippen molar-refractivity contribution in [1.82, 2.24) is 4.31 Å². The van der Waals surface area contributed by atoms with Gasteiger partial charge in [0.1, 0.15) is 0 Å². The van der Waals surface area contributed by atoms with E-state index in [1.807, 2.05) is 58.0 Å². The SMILES string of the molecule is CCC(=O)Nc1ccc(N(C)C)c(CN([C@H](C)C(C)C)S(=O)(=O)c2cccc(Cl)c2)c1. The van der Waals surface area contributed by atoms with E-state index < -0.39 is 10.0 Å². The maximum absolute atomic E-state index is 13.6. The number of sulfonamides is 1. The first-order valence-electron chi connectivity index (χ1n) is 10.3. The van der Waals surface area contributed by atoms with Gasteiger partial charge in [-0.1, -0.05) is 38.4 Å². The van der Waals surface area contributed by atoms with Crippen molar-refractivity contribution in [1.29, 1.82) is 0 Å². The molecule has 0 aliphatic carbocycles. The van der Waals surface area contributed by atoms with Crippen molar-refractivity contribution in [2.45, 2.75) is 51.6 Å². The zero-order valence-electron chi connectivity index (χ0n) is 19.0. The average molecular weight is 466 g/mol. The molecule has 0 heterocycles. The van der Waals surface area contributed by atoms with E-state index in [0.717, 1.165) is 11.3 Å². The number of nitrogens with one attached hydrogen (secondary N) is 1. The molecule has 0 fully saturated rings. The first-order chi connectivity index (χ1) is 14.5. The van der Waals surface area contributed by atoms with Crippen molar-refractivity contribution < 1.29 is 13.2 Å². The Morgan fingerprint density at radius 2 is 1.77 bits per heavy atom. The standard InChI is InChI=1S/C23H32ClN3O3S/c1-7-23(28)25-20-11-12-22(26(5)6)18(13-20)15-27(17(4)16(2)3)31(29,30)21-10-8-9-19(24)14-21/h8-14,16-17H,7,15H2,1-6H3,(H,25,28)/t17-/m1/s1. The van der Waals surface area contributed by atoms with E-state index in [0.29, 0.717) is 17.1 Å². The van der Waals surface area contributed by atoms with Crippen LogP contribution in [0.15, 0.2) is 47.4 Å². The molecule has 31 heavy (non-hydrogen) atoms. The van der Waals surface area contributed by atoms with Crippen LogP contribution in [0.2, 0.25) is 5.02 Å². The van der Waals surface area contributed by atoms with Gasteiger partial charge >= 0.3 is 0 Å². The second-order valence-electron chi connectivity index (χ2n) is 8.13. The minimum atomic E-state index is -3.81. The highest BCUT2D eigenvalue weighted by Crippen LogP contribution is 2.30. The molecule has 2 aromatic carbocycles. The highest BCUT2D eigenvalue weighted by molar-refractivity contribution is 7.89. The van der Waals surface area contributed by atoms with Crippen LogP contribution < -0.4 is 10.2 Å². The van der Waals surface area contributed by atoms with Crippen molar-refractivity contribution in [2.24, 2.45) is 5.92 Å². The molecule has 2 rings (SSSR count). The van der Waals surface area contributed by atoms with Gasteiger partial charge in [0.25, 0.3) is 0 Å². The van der Waals surface area contributed by atoms with E-state index in [4.69, 9.17) is 11.6 Å². The summed E-state index contributed by atoms with van der Waals surface area (Å²) in [5.74, 6) is 0.00208. The van der Waals surface area contributed by atoms with Gasteiger partial charge in [0.15, 0.2) is 0 Å². The Morgan fingerprint density at radius 1 is 1.10 bits per heavy atom. The van der Waals surface area contributed by atoms with Crippen molar-refractivity contribution in [2.75, 3.05) is 24.3 Å². The van der Waals surface area contributed by atoms with Crippen molar-refractivity contribution in [3.05, 3.63) is 53.1 Å². The molecule has 0 saturated carbocycles. The number of carbonyl (C=O) groups is 1. The minimum absolute atomic E-state index is 0.0949. The zero-order valence-corrected chi connectivity index (χ0v) is 20.6. The van der Waals surface area contributed by atoms with E-state index in [2.05, 4.69) is 5.32 Å². The Labute approximate surface area is 191 Å². The second kappa shape index (κ2) is 10.5. The summed E-state index contributed by atoms with van der Waals surface area (Å²) < 4.78 is 28.7. The normalized spacial score (nSPS) is 12.8. The highest BCUT2D eigenvalue weighted by Gasteiger charge is 2.31. The van der Waals surface area contributed by atoms with Crippen LogP contribution in [0.4, 0.5) is 11.4 Å². The molecule has 1 atom stereocenters. The summed E-state index contributed by atoms with van der Waals surface area (Å²) in [6.45, 7) is 7.85. The van der Waals surface area contributed by atoms with Gasteiger partial charge in [0.2, 0.25) is 15.9 Å². The summed E-state index contributed by atoms with van der Waals surface area (Å²) in [5.41, 5.74) is 2.33. The lowest BCUT2D eigenvalue weighted by Crippen LogP contribution is -2.41. The van der Waals surface area contributed by atoms with Crippen molar-refractivity contribution in [3.63, 3.8) is 0 Å². The molecule has 0 bridgehead atoms. The van der Waals surface area contributed by atoms with Gasteiger partial charge in [-0.2, -0.15) is 4.31 Å². The first kappa shape index (κ1) is 25.2. The Kier molecular flexibility index (Phi) is 8.51. The van der Waals surface area contributed by atoms with Gasteiger partial charge in [-0.3, -0.25) is 4.79 Å². The molecule has 0 aliphatic heterocycles. The number of hydrogen-bond donors (Lipinski definition) is 1. The van der Waals surface area contributed by atoms with Crippen LogP contribution >= 0.6 is 11.6 Å². The fourth-order valence-electron chi connectivity index (χ4n) is 3.19. The number of amides is 1. The third-order valence-electron chi connectivity index (χ3n) is 5.31. The van der Waals surface area contributed by atoms with E-state index in [9.17, 15) is 13.2 Å². The zero-order chi connectivity index (χ0) is 23.3. The topological polar surface area (TPSA) is 69.7 Å². The second-order valence-corrected chi connectivity index (χ2v) is 10.5. The van der Waals surface area contributed by atoms with E-state index in [1.165, 1.54) is 10.4 Å². The predicted octanol–water partition coefficient (Wildman–Crippen LogP) is 4.99. The molecule has 1 N–H and O–H groups in total. The molecule has 6 nitrogen and oxygen atoms in total. The van der Waals surface area contributed by atoms with E-state index in [-0.39, 0.29) is 29.3 Å². The van der Waals surface area contributed by atoms with Crippen molar-refractivity contribution >= 4 is 38.9 Å². The van der Waals surface area contributed by atoms with Gasteiger partial charge in [0, 0.05) is 49.5 Å². The van der Waals surface area contributed by atoms with E-state index in [1.54, 1.807) is 25.1 Å². The number of hydrogen-bond acceptors (Lipinski definition) is 4. The molecule has 0 aromatic heterocycles. The summed E-state index contributed by atoms with van der Waals surface area (Å²) in [5, 5.41) is 3.23. The molecular weight excluding hydrogens is 434 g/mol. The largest absolute Gasteiger partial charge is 0.377 e. The maximum Gasteiger partial charge on any atom is 0.243 e. The molecule has 0 unspecified atom stereocenters. The molecule has 1 amide bonds. The lowest BCUT2D eigenvalue weighted by Gasteiger charge is -2.32. The number of nitrogens with zero attached hydrogens (tertiary/aromatic N) is 2. The third-order valence-corrected chi connectivity index (χ3v) is 7.48. The lowest BCUT2D eigenvalue weighted by atomic mass is 10.1. The number of halogens is 1. The first-order valence-corrected chi connectivity index (χ1v) is 12.2. The fourth-order valence-corrected chi connectivity index (χ4v) is 5.23. The Morgan fingerprint density at radius 3 is 2.32 bits per heavy atom. The monoisotopic (exact) mass is 465 g/mol. The van der Waals surface area contributed by atoms with Crippen LogP contribution in [0, 0.1) is 5.92 Å². The van der Waals surface area contributed by atoms with Crippen LogP contribution in [0.3, 0.4) is 0 Å². The van der Waals surface area contributed by atoms with Gasteiger partial charge in [-0.25, -0.2) is 8.42 Å². The fraction of sp³-hybridized carbons (Fsp3) is 0.435. The summed E-state index contributed by atoms with van der Waals surface area (Å²) in [7, 11) is 0.00909. The maximum atomic E-state index is 13.6. The van der Waals surface area contributed by atoms with E-state index >= 15 is 0 Å². The molecule has 0 radical (unpaired) electrons. The average Bonchev–Trinajstić information content (AvgIpc) is 2.71. The van der Waals surface area contributed by atoms with Gasteiger partial charge in [-0.15, -0.1) is 0 Å². The van der Waals surface area contributed by atoms with Gasteiger partial charge < -0.3 is 10.2 Å². The Bertz CT molecular complexity index is 1020.